The number of rotatable bonds is 6. The van der Waals surface area contributed by atoms with Crippen LogP contribution in [0.25, 0.3) is 0 Å². The van der Waals surface area contributed by atoms with Gasteiger partial charge < -0.3 is 14.3 Å². The third kappa shape index (κ3) is 3.46. The predicted octanol–water partition coefficient (Wildman–Crippen LogP) is 2.62. The lowest BCUT2D eigenvalue weighted by Crippen LogP contribution is -2.04. The number of carboxylic acids is 1. The van der Waals surface area contributed by atoms with E-state index in [4.69, 9.17) is 14.3 Å². The highest BCUT2D eigenvalue weighted by Gasteiger charge is 2.06. The topological polar surface area (TPSA) is 59.7 Å². The normalized spacial score (nSPS) is 10.4. The Kier molecular flexibility index (Phi) is 4.15. The summed E-state index contributed by atoms with van der Waals surface area (Å²) >= 11 is 0. The summed E-state index contributed by atoms with van der Waals surface area (Å²) in [5.74, 6) is -0.0841. The number of hydrogen-bond acceptors (Lipinski definition) is 3. The third-order valence-corrected chi connectivity index (χ3v) is 2.54. The van der Waals surface area contributed by atoms with E-state index in [1.807, 2.05) is 24.3 Å². The summed E-state index contributed by atoms with van der Waals surface area (Å²) in [6.45, 7) is 0.762. The molecule has 0 spiro atoms. The van der Waals surface area contributed by atoms with Crippen LogP contribution >= 0.6 is 0 Å². The van der Waals surface area contributed by atoms with Gasteiger partial charge in [0, 0.05) is 0 Å². The van der Waals surface area contributed by atoms with Crippen molar-refractivity contribution in [2.45, 2.75) is 19.6 Å². The minimum Gasteiger partial charge on any atom is -0.481 e. The highest BCUT2D eigenvalue weighted by molar-refractivity contribution is 5.70. The van der Waals surface area contributed by atoms with E-state index in [0.717, 1.165) is 16.9 Å². The van der Waals surface area contributed by atoms with Crippen LogP contribution in [0.1, 0.15) is 16.9 Å². The molecule has 18 heavy (non-hydrogen) atoms. The highest BCUT2D eigenvalue weighted by Crippen LogP contribution is 2.12. The lowest BCUT2D eigenvalue weighted by atomic mass is 10.1. The van der Waals surface area contributed by atoms with Crippen LogP contribution in [-0.2, 0) is 29.2 Å². The third-order valence-electron chi connectivity index (χ3n) is 2.54. The van der Waals surface area contributed by atoms with Gasteiger partial charge in [-0.25, -0.2) is 0 Å². The molecule has 0 fully saturated rings. The van der Waals surface area contributed by atoms with Crippen molar-refractivity contribution in [3.05, 3.63) is 59.5 Å². The van der Waals surface area contributed by atoms with E-state index in [0.29, 0.717) is 13.2 Å². The first-order valence-corrected chi connectivity index (χ1v) is 5.64. The van der Waals surface area contributed by atoms with Crippen molar-refractivity contribution >= 4 is 5.97 Å². The van der Waals surface area contributed by atoms with Crippen molar-refractivity contribution in [1.82, 2.24) is 0 Å². The van der Waals surface area contributed by atoms with Gasteiger partial charge in [-0.1, -0.05) is 24.3 Å². The van der Waals surface area contributed by atoms with Gasteiger partial charge >= 0.3 is 5.97 Å². The summed E-state index contributed by atoms with van der Waals surface area (Å²) in [7, 11) is 0. The molecule has 2 rings (SSSR count). The van der Waals surface area contributed by atoms with Crippen molar-refractivity contribution in [2.75, 3.05) is 0 Å². The molecule has 0 atom stereocenters. The second-order valence-corrected chi connectivity index (χ2v) is 3.91. The summed E-state index contributed by atoms with van der Waals surface area (Å²) < 4.78 is 10.6. The molecule has 4 nitrogen and oxygen atoms in total. The fraction of sp³-hybridized carbons (Fsp3) is 0.214. The lowest BCUT2D eigenvalue weighted by Gasteiger charge is -2.07. The maximum atomic E-state index is 10.7. The fourth-order valence-electron chi connectivity index (χ4n) is 1.69. The molecule has 0 saturated carbocycles. The summed E-state index contributed by atoms with van der Waals surface area (Å²) in [5.41, 5.74) is 1.68. The Morgan fingerprint density at radius 1 is 1.11 bits per heavy atom. The van der Waals surface area contributed by atoms with Gasteiger partial charge in [0.05, 0.1) is 19.3 Å². The van der Waals surface area contributed by atoms with Gasteiger partial charge in [0.15, 0.2) is 0 Å². The van der Waals surface area contributed by atoms with E-state index in [9.17, 15) is 4.79 Å². The Hall–Kier alpha value is -2.07. The average molecular weight is 246 g/mol. The van der Waals surface area contributed by atoms with Crippen molar-refractivity contribution in [3.63, 3.8) is 0 Å². The molecule has 0 amide bonds. The first kappa shape index (κ1) is 12.4. The number of ether oxygens (including phenoxy) is 1. The van der Waals surface area contributed by atoms with E-state index in [-0.39, 0.29) is 6.42 Å². The smallest absolute Gasteiger partial charge is 0.307 e. The number of hydrogen-bond donors (Lipinski definition) is 1. The van der Waals surface area contributed by atoms with Crippen LogP contribution in [-0.4, -0.2) is 11.1 Å². The number of carboxylic acid groups (broad SMARTS) is 1. The van der Waals surface area contributed by atoms with Crippen LogP contribution in [0.4, 0.5) is 0 Å². The number of carbonyl (C=O) groups is 1. The van der Waals surface area contributed by atoms with E-state index in [1.165, 1.54) is 0 Å². The van der Waals surface area contributed by atoms with Crippen molar-refractivity contribution in [1.29, 1.82) is 0 Å². The minimum atomic E-state index is -0.839. The Balaban J connectivity index is 1.94. The molecule has 4 heteroatoms. The van der Waals surface area contributed by atoms with Crippen LogP contribution in [0.5, 0.6) is 0 Å². The van der Waals surface area contributed by atoms with Crippen molar-refractivity contribution in [2.24, 2.45) is 0 Å². The number of aliphatic carboxylic acids is 1. The van der Waals surface area contributed by atoms with E-state index in [1.54, 1.807) is 18.4 Å². The van der Waals surface area contributed by atoms with Gasteiger partial charge in [0.2, 0.25) is 0 Å². The standard InChI is InChI=1S/C14H14O4/c15-14(16)8-11-4-1-2-5-12(11)9-17-10-13-6-3-7-18-13/h1-7H,8-10H2,(H,15,16). The van der Waals surface area contributed by atoms with Gasteiger partial charge in [0.25, 0.3) is 0 Å². The Morgan fingerprint density at radius 2 is 1.89 bits per heavy atom. The summed E-state index contributed by atoms with van der Waals surface area (Å²) in [5, 5.41) is 8.81. The molecule has 0 aliphatic heterocycles. The molecule has 0 unspecified atom stereocenters. The summed E-state index contributed by atoms with van der Waals surface area (Å²) in [4.78, 5) is 10.7. The minimum absolute atomic E-state index is 0.0142. The first-order valence-electron chi connectivity index (χ1n) is 5.64. The lowest BCUT2D eigenvalue weighted by molar-refractivity contribution is -0.136. The predicted molar refractivity (Wildman–Crippen MR) is 65.0 cm³/mol. The van der Waals surface area contributed by atoms with Gasteiger partial charge in [0.1, 0.15) is 12.4 Å². The van der Waals surface area contributed by atoms with E-state index >= 15 is 0 Å². The molecule has 1 heterocycles. The molecule has 0 aliphatic carbocycles. The molecule has 1 aromatic carbocycles. The SMILES string of the molecule is O=C(O)Cc1ccccc1COCc1ccco1. The van der Waals surface area contributed by atoms with Gasteiger partial charge in [-0.05, 0) is 23.3 Å². The van der Waals surface area contributed by atoms with Crippen molar-refractivity contribution < 1.29 is 19.1 Å². The molecule has 2 aromatic rings. The second kappa shape index (κ2) is 6.02. The summed E-state index contributed by atoms with van der Waals surface area (Å²) in [6.07, 6.45) is 1.61. The van der Waals surface area contributed by atoms with Crippen LogP contribution in [0.15, 0.2) is 47.1 Å². The Labute approximate surface area is 105 Å². The zero-order valence-corrected chi connectivity index (χ0v) is 9.83. The first-order chi connectivity index (χ1) is 8.75. The van der Waals surface area contributed by atoms with Gasteiger partial charge in [-0.15, -0.1) is 0 Å². The van der Waals surface area contributed by atoms with Crippen molar-refractivity contribution in [3.8, 4) is 0 Å². The molecule has 0 radical (unpaired) electrons. The highest BCUT2D eigenvalue weighted by atomic mass is 16.5. The monoisotopic (exact) mass is 246 g/mol. The summed E-state index contributed by atoms with van der Waals surface area (Å²) in [6, 6.07) is 11.0. The average Bonchev–Trinajstić information content (AvgIpc) is 2.84. The van der Waals surface area contributed by atoms with Crippen LogP contribution in [0, 0.1) is 0 Å². The number of furan rings is 1. The van der Waals surface area contributed by atoms with Crippen LogP contribution < -0.4 is 0 Å². The Morgan fingerprint density at radius 3 is 2.56 bits per heavy atom. The molecular formula is C14H14O4. The molecule has 1 N–H and O–H groups in total. The molecule has 0 bridgehead atoms. The molecule has 1 aromatic heterocycles. The Bertz CT molecular complexity index is 502. The molecular weight excluding hydrogens is 232 g/mol. The molecule has 94 valence electrons. The quantitative estimate of drug-likeness (QED) is 0.851. The zero-order valence-electron chi connectivity index (χ0n) is 9.83. The molecule has 0 aliphatic rings. The maximum Gasteiger partial charge on any atom is 0.307 e. The second-order valence-electron chi connectivity index (χ2n) is 3.91. The van der Waals surface area contributed by atoms with E-state index < -0.39 is 5.97 Å². The van der Waals surface area contributed by atoms with Crippen LogP contribution in [0.2, 0.25) is 0 Å². The fourth-order valence-corrected chi connectivity index (χ4v) is 1.69. The molecule has 0 saturated heterocycles. The van der Waals surface area contributed by atoms with Gasteiger partial charge in [-0.2, -0.15) is 0 Å². The zero-order chi connectivity index (χ0) is 12.8. The maximum absolute atomic E-state index is 10.7. The van der Waals surface area contributed by atoms with E-state index in [2.05, 4.69) is 0 Å². The number of benzene rings is 1. The van der Waals surface area contributed by atoms with Gasteiger partial charge in [-0.3, -0.25) is 4.79 Å². The van der Waals surface area contributed by atoms with Crippen LogP contribution in [0.3, 0.4) is 0 Å². The largest absolute Gasteiger partial charge is 0.481 e.